The summed E-state index contributed by atoms with van der Waals surface area (Å²) >= 11 is 0. The van der Waals surface area contributed by atoms with Gasteiger partial charge in [-0.25, -0.2) is 19.3 Å². The lowest BCUT2D eigenvalue weighted by Gasteiger charge is -2.10. The van der Waals surface area contributed by atoms with Gasteiger partial charge in [0.2, 0.25) is 0 Å². The number of alkyl halides is 3. The van der Waals surface area contributed by atoms with E-state index in [2.05, 4.69) is 15.0 Å². The van der Waals surface area contributed by atoms with E-state index in [0.29, 0.717) is 6.07 Å². The van der Waals surface area contributed by atoms with Crippen LogP contribution < -0.4 is 5.56 Å². The molecule has 0 amide bonds. The highest BCUT2D eigenvalue weighted by molar-refractivity contribution is 5.66. The van der Waals surface area contributed by atoms with Crippen LogP contribution in [0.3, 0.4) is 0 Å². The molecular formula is C14H8F4N4O. The number of benzene rings is 1. The number of hydrogen-bond acceptors (Lipinski definition) is 4. The molecule has 23 heavy (non-hydrogen) atoms. The number of rotatable bonds is 2. The molecule has 0 N–H and O–H groups in total. The van der Waals surface area contributed by atoms with Gasteiger partial charge >= 0.3 is 6.18 Å². The molecule has 3 rings (SSSR count). The maximum absolute atomic E-state index is 13.4. The molecule has 0 atom stereocenters. The molecule has 3 aromatic rings. The summed E-state index contributed by atoms with van der Waals surface area (Å²) in [6.45, 7) is -0.265. The van der Waals surface area contributed by atoms with Crippen LogP contribution in [-0.4, -0.2) is 19.5 Å². The fraction of sp³-hybridized carbons (Fsp3) is 0.143. The zero-order chi connectivity index (χ0) is 16.6. The normalized spacial score (nSPS) is 11.8. The lowest BCUT2D eigenvalue weighted by atomic mass is 10.1. The molecule has 0 aliphatic carbocycles. The van der Waals surface area contributed by atoms with Gasteiger partial charge in [0.15, 0.2) is 11.2 Å². The average Bonchev–Trinajstić information content (AvgIpc) is 2.49. The molecule has 0 bridgehead atoms. The summed E-state index contributed by atoms with van der Waals surface area (Å²) in [5.41, 5.74) is -1.58. The van der Waals surface area contributed by atoms with E-state index in [0.717, 1.165) is 23.0 Å². The third kappa shape index (κ3) is 3.03. The van der Waals surface area contributed by atoms with Crippen LogP contribution in [0.1, 0.15) is 11.1 Å². The van der Waals surface area contributed by atoms with Gasteiger partial charge < -0.3 is 0 Å². The molecule has 0 unspecified atom stereocenters. The Kier molecular flexibility index (Phi) is 3.55. The Bertz CT molecular complexity index is 936. The van der Waals surface area contributed by atoms with Crippen LogP contribution in [0.5, 0.6) is 0 Å². The molecule has 2 heterocycles. The van der Waals surface area contributed by atoms with Crippen molar-refractivity contribution >= 4 is 11.2 Å². The third-order valence-corrected chi connectivity index (χ3v) is 3.10. The minimum Gasteiger partial charge on any atom is -0.293 e. The van der Waals surface area contributed by atoms with E-state index in [4.69, 9.17) is 0 Å². The Morgan fingerprint density at radius 2 is 1.78 bits per heavy atom. The average molecular weight is 324 g/mol. The molecule has 0 saturated carbocycles. The molecule has 0 aliphatic rings. The van der Waals surface area contributed by atoms with Gasteiger partial charge in [0.25, 0.3) is 5.56 Å². The largest absolute Gasteiger partial charge is 0.416 e. The van der Waals surface area contributed by atoms with E-state index < -0.39 is 23.1 Å². The summed E-state index contributed by atoms with van der Waals surface area (Å²) in [5.74, 6) is -1.03. The Balaban J connectivity index is 2.04. The van der Waals surface area contributed by atoms with Crippen molar-refractivity contribution in [3.05, 3.63) is 64.2 Å². The highest BCUT2D eigenvalue weighted by atomic mass is 19.4. The molecule has 5 nitrogen and oxygen atoms in total. The van der Waals surface area contributed by atoms with Crippen molar-refractivity contribution in [1.82, 2.24) is 19.5 Å². The summed E-state index contributed by atoms with van der Waals surface area (Å²) in [5, 5.41) is 0. The monoisotopic (exact) mass is 324 g/mol. The molecule has 0 saturated heterocycles. The summed E-state index contributed by atoms with van der Waals surface area (Å²) in [4.78, 5) is 23.8. The highest BCUT2D eigenvalue weighted by Gasteiger charge is 2.31. The van der Waals surface area contributed by atoms with Gasteiger partial charge in [-0.2, -0.15) is 13.2 Å². The van der Waals surface area contributed by atoms with E-state index in [9.17, 15) is 22.4 Å². The minimum absolute atomic E-state index is 0.00975. The Hall–Kier alpha value is -2.84. The number of fused-ring (bicyclic) bond motifs is 1. The maximum Gasteiger partial charge on any atom is 0.416 e. The Morgan fingerprint density at radius 3 is 2.52 bits per heavy atom. The fourth-order valence-electron chi connectivity index (χ4n) is 2.10. The first-order chi connectivity index (χ1) is 10.8. The number of hydrogen-bond donors (Lipinski definition) is 0. The van der Waals surface area contributed by atoms with Crippen molar-refractivity contribution in [3.63, 3.8) is 0 Å². The van der Waals surface area contributed by atoms with Crippen LogP contribution in [0, 0.1) is 5.82 Å². The Morgan fingerprint density at radius 1 is 1.04 bits per heavy atom. The molecule has 9 heteroatoms. The van der Waals surface area contributed by atoms with Crippen LogP contribution in [0.2, 0.25) is 0 Å². The topological polar surface area (TPSA) is 60.7 Å². The molecule has 0 aliphatic heterocycles. The minimum atomic E-state index is -4.67. The maximum atomic E-state index is 13.4. The van der Waals surface area contributed by atoms with Gasteiger partial charge in [0, 0.05) is 12.4 Å². The van der Waals surface area contributed by atoms with Gasteiger partial charge in [-0.3, -0.25) is 9.36 Å². The van der Waals surface area contributed by atoms with Gasteiger partial charge in [-0.1, -0.05) is 0 Å². The molecule has 1 aromatic carbocycles. The molecular weight excluding hydrogens is 316 g/mol. The number of halogens is 4. The summed E-state index contributed by atoms with van der Waals surface area (Å²) < 4.78 is 52.6. The summed E-state index contributed by atoms with van der Waals surface area (Å²) in [6, 6.07) is 2.12. The fourth-order valence-corrected chi connectivity index (χ4v) is 2.10. The summed E-state index contributed by atoms with van der Waals surface area (Å²) in [6.07, 6.45) is -0.868. The van der Waals surface area contributed by atoms with Crippen LogP contribution in [-0.2, 0) is 12.7 Å². The van der Waals surface area contributed by atoms with Crippen molar-refractivity contribution in [1.29, 1.82) is 0 Å². The van der Waals surface area contributed by atoms with E-state index in [-0.39, 0.29) is 23.3 Å². The third-order valence-electron chi connectivity index (χ3n) is 3.10. The van der Waals surface area contributed by atoms with Crippen molar-refractivity contribution in [3.8, 4) is 0 Å². The van der Waals surface area contributed by atoms with Crippen LogP contribution >= 0.6 is 0 Å². The second kappa shape index (κ2) is 5.41. The van der Waals surface area contributed by atoms with Crippen molar-refractivity contribution < 1.29 is 17.6 Å². The van der Waals surface area contributed by atoms with Crippen molar-refractivity contribution in [2.24, 2.45) is 0 Å². The van der Waals surface area contributed by atoms with E-state index in [1.807, 2.05) is 0 Å². The quantitative estimate of drug-likeness (QED) is 0.679. The Labute approximate surface area is 126 Å². The van der Waals surface area contributed by atoms with Gasteiger partial charge in [-0.15, -0.1) is 0 Å². The predicted molar refractivity (Wildman–Crippen MR) is 72.1 cm³/mol. The molecule has 0 fully saturated rings. The van der Waals surface area contributed by atoms with Gasteiger partial charge in [0.05, 0.1) is 12.1 Å². The SMILES string of the molecule is O=c1c2nccnc2ncn1Cc1cc(F)cc(C(F)(F)F)c1. The second-order valence-electron chi connectivity index (χ2n) is 4.75. The van der Waals surface area contributed by atoms with Gasteiger partial charge in [-0.05, 0) is 23.8 Å². The van der Waals surface area contributed by atoms with Crippen molar-refractivity contribution in [2.75, 3.05) is 0 Å². The second-order valence-corrected chi connectivity index (χ2v) is 4.75. The number of aromatic nitrogens is 4. The van der Waals surface area contributed by atoms with E-state index in [1.54, 1.807) is 0 Å². The van der Waals surface area contributed by atoms with Crippen LogP contribution in [0.4, 0.5) is 17.6 Å². The lowest BCUT2D eigenvalue weighted by molar-refractivity contribution is -0.137. The predicted octanol–water partition coefficient (Wildman–Crippen LogP) is 2.39. The first-order valence-corrected chi connectivity index (χ1v) is 6.37. The summed E-state index contributed by atoms with van der Waals surface area (Å²) in [7, 11) is 0. The number of nitrogens with zero attached hydrogens (tertiary/aromatic N) is 4. The van der Waals surface area contributed by atoms with Crippen LogP contribution in [0.15, 0.2) is 41.7 Å². The first-order valence-electron chi connectivity index (χ1n) is 6.37. The van der Waals surface area contributed by atoms with Crippen LogP contribution in [0.25, 0.3) is 11.2 Å². The zero-order valence-corrected chi connectivity index (χ0v) is 11.4. The zero-order valence-electron chi connectivity index (χ0n) is 11.4. The standard InChI is InChI=1S/C14H8F4N4O/c15-10-4-8(3-9(5-10)14(16,17)18)6-22-7-21-12-11(13(22)23)19-1-2-20-12/h1-5,7H,6H2. The molecule has 118 valence electrons. The van der Waals surface area contributed by atoms with Gasteiger partial charge in [0.1, 0.15) is 12.1 Å². The van der Waals surface area contributed by atoms with E-state index >= 15 is 0 Å². The lowest BCUT2D eigenvalue weighted by Crippen LogP contribution is -2.22. The molecule has 0 spiro atoms. The first kappa shape index (κ1) is 15.1. The van der Waals surface area contributed by atoms with Crippen molar-refractivity contribution in [2.45, 2.75) is 12.7 Å². The molecule has 2 aromatic heterocycles. The smallest absolute Gasteiger partial charge is 0.293 e. The highest BCUT2D eigenvalue weighted by Crippen LogP contribution is 2.30. The van der Waals surface area contributed by atoms with E-state index in [1.165, 1.54) is 12.4 Å². The molecule has 0 radical (unpaired) electrons.